The number of oxime groups is 1. The minimum Gasteiger partial charge on any atom is -0.411 e. The number of amides is 1. The number of nitrogens with one attached hydrogen (secondary N) is 1. The minimum atomic E-state index is -0.238. The van der Waals surface area contributed by atoms with Crippen LogP contribution in [0.2, 0.25) is 0 Å². The first-order valence-electron chi connectivity index (χ1n) is 8.68. The monoisotopic (exact) mass is 376 g/mol. The Balaban J connectivity index is 1.64. The maximum atomic E-state index is 12.4. The minimum absolute atomic E-state index is 0.0336. The van der Waals surface area contributed by atoms with Gasteiger partial charge in [-0.05, 0) is 24.3 Å². The third-order valence-corrected chi connectivity index (χ3v) is 3.96. The van der Waals surface area contributed by atoms with Crippen molar-refractivity contribution in [2.75, 3.05) is 5.32 Å². The molecule has 0 unspecified atom stereocenters. The van der Waals surface area contributed by atoms with Crippen molar-refractivity contribution in [3.63, 3.8) is 0 Å². The van der Waals surface area contributed by atoms with E-state index in [-0.39, 0.29) is 24.8 Å². The zero-order valence-corrected chi connectivity index (χ0v) is 15.1. The Bertz CT molecular complexity index is 1000. The molecule has 1 aromatic carbocycles. The summed E-state index contributed by atoms with van der Waals surface area (Å²) in [5.41, 5.74) is 1.86. The fourth-order valence-corrected chi connectivity index (χ4v) is 2.72. The summed E-state index contributed by atoms with van der Waals surface area (Å²) in [6.45, 7) is 0.304. The number of carbonyl (C=O) groups is 2. The van der Waals surface area contributed by atoms with Gasteiger partial charge in [0.15, 0.2) is 24.8 Å². The van der Waals surface area contributed by atoms with E-state index in [1.807, 2.05) is 30.3 Å². The predicted octanol–water partition coefficient (Wildman–Crippen LogP) is 1.59. The maximum Gasteiger partial charge on any atom is 0.261 e. The van der Waals surface area contributed by atoms with Crippen LogP contribution in [0.3, 0.4) is 0 Å². The Kier molecular flexibility index (Phi) is 6.20. The van der Waals surface area contributed by atoms with Crippen molar-refractivity contribution in [1.29, 1.82) is 0 Å². The summed E-state index contributed by atoms with van der Waals surface area (Å²) in [5, 5.41) is 14.4. The Hall–Kier alpha value is -3.87. The van der Waals surface area contributed by atoms with Crippen LogP contribution in [0.5, 0.6) is 0 Å². The molecule has 2 N–H and O–H groups in total. The quantitative estimate of drug-likeness (QED) is 0.284. The number of hydrogen-bond donors (Lipinski definition) is 2. The van der Waals surface area contributed by atoms with Gasteiger partial charge in [-0.2, -0.15) is 9.13 Å². The lowest BCUT2D eigenvalue weighted by molar-refractivity contribution is -0.702. The predicted molar refractivity (Wildman–Crippen MR) is 102 cm³/mol. The van der Waals surface area contributed by atoms with Crippen LogP contribution >= 0.6 is 0 Å². The highest BCUT2D eigenvalue weighted by molar-refractivity contribution is 6.03. The van der Waals surface area contributed by atoms with Crippen molar-refractivity contribution in [1.82, 2.24) is 0 Å². The number of aromatic nitrogens is 2. The number of rotatable bonds is 7. The number of pyridine rings is 2. The first kappa shape index (κ1) is 18.9. The second-order valence-corrected chi connectivity index (χ2v) is 6.18. The lowest BCUT2D eigenvalue weighted by Crippen LogP contribution is -2.45. The molecule has 0 spiro atoms. The third-order valence-electron chi connectivity index (χ3n) is 3.96. The molecule has 0 atom stereocenters. The van der Waals surface area contributed by atoms with Gasteiger partial charge in [-0.3, -0.25) is 9.59 Å². The molecule has 0 radical (unpaired) electrons. The molecular weight excluding hydrogens is 356 g/mol. The van der Waals surface area contributed by atoms with Gasteiger partial charge in [0.1, 0.15) is 5.56 Å². The van der Waals surface area contributed by atoms with Gasteiger partial charge in [-0.15, -0.1) is 0 Å². The van der Waals surface area contributed by atoms with Crippen molar-refractivity contribution < 1.29 is 23.9 Å². The van der Waals surface area contributed by atoms with Gasteiger partial charge in [0, 0.05) is 17.8 Å². The smallest absolute Gasteiger partial charge is 0.261 e. The van der Waals surface area contributed by atoms with Gasteiger partial charge in [-0.25, -0.2) is 0 Å². The number of benzene rings is 1. The van der Waals surface area contributed by atoms with Crippen LogP contribution in [-0.2, 0) is 17.9 Å². The van der Waals surface area contributed by atoms with Crippen molar-refractivity contribution in [2.24, 2.45) is 5.16 Å². The van der Waals surface area contributed by atoms with E-state index in [4.69, 9.17) is 5.21 Å². The number of anilines is 1. The lowest BCUT2D eigenvalue weighted by Gasteiger charge is -2.04. The highest BCUT2D eigenvalue weighted by atomic mass is 16.4. The second-order valence-electron chi connectivity index (χ2n) is 6.18. The zero-order chi connectivity index (χ0) is 19.8. The van der Waals surface area contributed by atoms with Crippen LogP contribution in [-0.4, -0.2) is 23.1 Å². The summed E-state index contributed by atoms with van der Waals surface area (Å²) in [6.07, 6.45) is 8.17. The van der Waals surface area contributed by atoms with Crippen LogP contribution in [0.25, 0.3) is 0 Å². The lowest BCUT2D eigenvalue weighted by atomic mass is 10.2. The van der Waals surface area contributed by atoms with Crippen LogP contribution in [0.15, 0.2) is 84.5 Å². The summed E-state index contributed by atoms with van der Waals surface area (Å²) >= 11 is 0. The topological polar surface area (TPSA) is 86.5 Å². The van der Waals surface area contributed by atoms with E-state index in [1.54, 1.807) is 58.2 Å². The highest BCUT2D eigenvalue weighted by Crippen LogP contribution is 2.07. The molecular formula is C21H20N4O3+2. The first-order valence-corrected chi connectivity index (χ1v) is 8.68. The molecule has 2 aromatic heterocycles. The molecule has 2 heterocycles. The number of para-hydroxylation sites is 1. The summed E-state index contributed by atoms with van der Waals surface area (Å²) in [7, 11) is 0. The molecule has 3 rings (SSSR count). The van der Waals surface area contributed by atoms with Crippen molar-refractivity contribution >= 4 is 23.6 Å². The SMILES string of the molecule is O=C(C[n+]1cccc(/C=N\O)c1)C[n+]1cccc(C(=O)Nc2ccccc2)c1. The molecule has 0 aliphatic heterocycles. The van der Waals surface area contributed by atoms with Crippen LogP contribution in [0, 0.1) is 0 Å². The maximum absolute atomic E-state index is 12.4. The average Bonchev–Trinajstić information content (AvgIpc) is 2.69. The summed E-state index contributed by atoms with van der Waals surface area (Å²) in [4.78, 5) is 24.8. The number of carbonyl (C=O) groups excluding carboxylic acids is 2. The Morgan fingerprint density at radius 1 is 0.929 bits per heavy atom. The van der Waals surface area contributed by atoms with Gasteiger partial charge in [0.05, 0.1) is 11.8 Å². The molecule has 0 aliphatic carbocycles. The van der Waals surface area contributed by atoms with Crippen molar-refractivity contribution in [2.45, 2.75) is 13.1 Å². The molecule has 0 bridgehead atoms. The fraction of sp³-hybridized carbons (Fsp3) is 0.0952. The Labute approximate surface area is 162 Å². The molecule has 3 aromatic rings. The molecule has 0 saturated carbocycles. The van der Waals surface area contributed by atoms with Crippen molar-refractivity contribution in [3.8, 4) is 0 Å². The highest BCUT2D eigenvalue weighted by Gasteiger charge is 2.17. The van der Waals surface area contributed by atoms with Gasteiger partial charge in [-0.1, -0.05) is 23.4 Å². The van der Waals surface area contributed by atoms with E-state index in [0.717, 1.165) is 0 Å². The number of ketones is 1. The summed E-state index contributed by atoms with van der Waals surface area (Å²) < 4.78 is 3.40. The number of nitrogens with zero attached hydrogens (tertiary/aromatic N) is 3. The number of hydrogen-bond acceptors (Lipinski definition) is 4. The normalized spacial score (nSPS) is 10.7. The molecule has 140 valence electrons. The van der Waals surface area contributed by atoms with Crippen molar-refractivity contribution in [3.05, 3.63) is 90.5 Å². The van der Waals surface area contributed by atoms with E-state index in [1.165, 1.54) is 6.21 Å². The average molecular weight is 376 g/mol. The molecule has 7 nitrogen and oxygen atoms in total. The van der Waals surface area contributed by atoms with E-state index >= 15 is 0 Å². The van der Waals surface area contributed by atoms with E-state index in [2.05, 4.69) is 10.5 Å². The van der Waals surface area contributed by atoms with E-state index in [0.29, 0.717) is 16.8 Å². The van der Waals surface area contributed by atoms with E-state index in [9.17, 15) is 9.59 Å². The zero-order valence-electron chi connectivity index (χ0n) is 15.1. The standard InChI is InChI=1S/C21H18N4O3/c26-20(15-24-10-4-6-17(13-24)12-22-28)16-25-11-5-7-18(14-25)21(27)23-19-8-2-1-3-9-19/h1-14H,15-16H2/p+2/b22-12-. The van der Waals surface area contributed by atoms with Crippen LogP contribution < -0.4 is 14.5 Å². The fourth-order valence-electron chi connectivity index (χ4n) is 2.72. The van der Waals surface area contributed by atoms with Gasteiger partial charge < -0.3 is 10.5 Å². The molecule has 28 heavy (non-hydrogen) atoms. The number of Topliss-reactive ketones (excluding diaryl/α,β-unsaturated/α-hetero) is 1. The molecule has 0 fully saturated rings. The summed E-state index contributed by atoms with van der Waals surface area (Å²) in [6, 6.07) is 16.2. The molecule has 1 amide bonds. The van der Waals surface area contributed by atoms with E-state index < -0.39 is 0 Å². The third kappa shape index (κ3) is 5.31. The van der Waals surface area contributed by atoms with Crippen LogP contribution in [0.1, 0.15) is 15.9 Å². The van der Waals surface area contributed by atoms with Gasteiger partial charge >= 0.3 is 0 Å². The largest absolute Gasteiger partial charge is 0.411 e. The summed E-state index contributed by atoms with van der Waals surface area (Å²) in [5.74, 6) is -0.271. The second kappa shape index (κ2) is 9.18. The van der Waals surface area contributed by atoms with Crippen LogP contribution in [0.4, 0.5) is 5.69 Å². The Morgan fingerprint density at radius 2 is 1.61 bits per heavy atom. The first-order chi connectivity index (χ1) is 13.6. The molecule has 0 aliphatic rings. The van der Waals surface area contributed by atoms with Gasteiger partial charge in [0.25, 0.3) is 11.7 Å². The molecule has 7 heteroatoms. The van der Waals surface area contributed by atoms with Gasteiger partial charge in [0.2, 0.25) is 13.1 Å². The molecule has 0 saturated heterocycles. The Morgan fingerprint density at radius 3 is 2.32 bits per heavy atom.